The van der Waals surface area contributed by atoms with Crippen molar-refractivity contribution in [2.75, 3.05) is 5.73 Å². The van der Waals surface area contributed by atoms with Gasteiger partial charge in [-0.2, -0.15) is 0 Å². The van der Waals surface area contributed by atoms with Crippen LogP contribution in [0.15, 0.2) is 0 Å². The minimum Gasteiger partial charge on any atom is -0.374 e. The molecule has 0 aromatic carbocycles. The van der Waals surface area contributed by atoms with E-state index in [0.717, 1.165) is 24.2 Å². The molecule has 1 aromatic rings. The lowest BCUT2D eigenvalue weighted by atomic mass is 10.1. The number of hydrogen-bond acceptors (Lipinski definition) is 5. The highest BCUT2D eigenvalue weighted by Crippen LogP contribution is 2.11. The Morgan fingerprint density at radius 3 is 2.81 bits per heavy atom. The van der Waals surface area contributed by atoms with Gasteiger partial charge in [0.05, 0.1) is 0 Å². The molecular weight excluding hydrogens is 224 g/mol. The molecule has 0 aliphatic heterocycles. The average molecular weight is 242 g/mol. The molecule has 1 atom stereocenters. The number of amides is 1. The molecule has 0 fully saturated rings. The molecule has 0 saturated heterocycles. The first kappa shape index (κ1) is 12.9. The molecule has 16 heavy (non-hydrogen) atoms. The second-order valence-electron chi connectivity index (χ2n) is 3.82. The van der Waals surface area contributed by atoms with Crippen LogP contribution in [0, 0.1) is 0 Å². The van der Waals surface area contributed by atoms with Crippen molar-refractivity contribution in [2.24, 2.45) is 0 Å². The molecule has 6 heteroatoms. The molecule has 3 N–H and O–H groups in total. The Hall–Kier alpha value is -1.17. The molecule has 5 nitrogen and oxygen atoms in total. The molecule has 1 unspecified atom stereocenters. The Balaban J connectivity index is 2.33. The SMILES string of the molecule is CCCCCC(C)NC(=O)c1nnc(N)s1. The van der Waals surface area contributed by atoms with Gasteiger partial charge >= 0.3 is 0 Å². The molecule has 1 amide bonds. The lowest BCUT2D eigenvalue weighted by Crippen LogP contribution is -2.32. The van der Waals surface area contributed by atoms with E-state index in [0.29, 0.717) is 10.1 Å². The summed E-state index contributed by atoms with van der Waals surface area (Å²) in [4.78, 5) is 11.6. The molecule has 0 bridgehead atoms. The van der Waals surface area contributed by atoms with Gasteiger partial charge in [-0.05, 0) is 13.3 Å². The fourth-order valence-corrected chi connectivity index (χ4v) is 1.90. The number of aromatic nitrogens is 2. The molecule has 0 saturated carbocycles. The van der Waals surface area contributed by atoms with Crippen LogP contribution in [0.2, 0.25) is 0 Å². The zero-order chi connectivity index (χ0) is 12.0. The summed E-state index contributed by atoms with van der Waals surface area (Å²) in [5.74, 6) is -0.182. The Kier molecular flexibility index (Phi) is 5.18. The van der Waals surface area contributed by atoms with Crippen LogP contribution in [0.4, 0.5) is 5.13 Å². The van der Waals surface area contributed by atoms with Crippen molar-refractivity contribution in [3.05, 3.63) is 5.01 Å². The summed E-state index contributed by atoms with van der Waals surface area (Å²) in [5, 5.41) is 10.8. The van der Waals surface area contributed by atoms with Crippen molar-refractivity contribution in [3.8, 4) is 0 Å². The van der Waals surface area contributed by atoms with Gasteiger partial charge in [-0.3, -0.25) is 4.79 Å². The van der Waals surface area contributed by atoms with Gasteiger partial charge in [0.1, 0.15) is 0 Å². The predicted molar refractivity (Wildman–Crippen MR) is 65.4 cm³/mol. The van der Waals surface area contributed by atoms with E-state index in [9.17, 15) is 4.79 Å². The normalized spacial score (nSPS) is 12.4. The molecule has 1 heterocycles. The zero-order valence-electron chi connectivity index (χ0n) is 9.69. The summed E-state index contributed by atoms with van der Waals surface area (Å²) in [5.41, 5.74) is 5.41. The minimum atomic E-state index is -0.182. The van der Waals surface area contributed by atoms with E-state index >= 15 is 0 Å². The van der Waals surface area contributed by atoms with Gasteiger partial charge in [0.25, 0.3) is 5.91 Å². The van der Waals surface area contributed by atoms with Gasteiger partial charge in [-0.25, -0.2) is 0 Å². The number of anilines is 1. The lowest BCUT2D eigenvalue weighted by molar-refractivity contribution is 0.0937. The monoisotopic (exact) mass is 242 g/mol. The van der Waals surface area contributed by atoms with Crippen LogP contribution in [0.1, 0.15) is 49.3 Å². The second-order valence-corrected chi connectivity index (χ2v) is 4.82. The van der Waals surface area contributed by atoms with Crippen LogP contribution in [0.25, 0.3) is 0 Å². The largest absolute Gasteiger partial charge is 0.374 e. The van der Waals surface area contributed by atoms with Crippen LogP contribution in [0.3, 0.4) is 0 Å². The third-order valence-corrected chi connectivity index (χ3v) is 3.00. The highest BCUT2D eigenvalue weighted by atomic mass is 32.1. The summed E-state index contributed by atoms with van der Waals surface area (Å²) in [6, 6.07) is 0.171. The summed E-state index contributed by atoms with van der Waals surface area (Å²) >= 11 is 1.11. The standard InChI is InChI=1S/C10H18N4OS/c1-3-4-5-6-7(2)12-8(15)9-13-14-10(11)16-9/h7H,3-6H2,1-2H3,(H2,11,14)(H,12,15). The molecular formula is C10H18N4OS. The van der Waals surface area contributed by atoms with E-state index in [2.05, 4.69) is 22.4 Å². The first-order chi connectivity index (χ1) is 7.63. The van der Waals surface area contributed by atoms with Gasteiger partial charge in [-0.1, -0.05) is 37.5 Å². The third kappa shape index (κ3) is 4.14. The Morgan fingerprint density at radius 1 is 1.50 bits per heavy atom. The van der Waals surface area contributed by atoms with Crippen LogP contribution >= 0.6 is 11.3 Å². The molecule has 0 spiro atoms. The number of carbonyl (C=O) groups excluding carboxylic acids is 1. The van der Waals surface area contributed by atoms with E-state index < -0.39 is 0 Å². The number of nitrogens with one attached hydrogen (secondary N) is 1. The number of rotatable bonds is 6. The highest BCUT2D eigenvalue weighted by Gasteiger charge is 2.13. The van der Waals surface area contributed by atoms with Crippen molar-refractivity contribution in [1.82, 2.24) is 15.5 Å². The van der Waals surface area contributed by atoms with Crippen LogP contribution < -0.4 is 11.1 Å². The molecule has 0 radical (unpaired) electrons. The van der Waals surface area contributed by atoms with Crippen molar-refractivity contribution < 1.29 is 4.79 Å². The second kappa shape index (κ2) is 6.42. The number of nitrogens with zero attached hydrogens (tertiary/aromatic N) is 2. The first-order valence-electron chi connectivity index (χ1n) is 5.53. The number of carbonyl (C=O) groups is 1. The number of nitrogens with two attached hydrogens (primary N) is 1. The average Bonchev–Trinajstić information content (AvgIpc) is 2.65. The smallest absolute Gasteiger partial charge is 0.282 e. The number of nitrogen functional groups attached to an aromatic ring is 1. The van der Waals surface area contributed by atoms with E-state index in [-0.39, 0.29) is 11.9 Å². The van der Waals surface area contributed by atoms with Crippen LogP contribution in [-0.4, -0.2) is 22.1 Å². The van der Waals surface area contributed by atoms with Crippen molar-refractivity contribution >= 4 is 22.4 Å². The lowest BCUT2D eigenvalue weighted by Gasteiger charge is -2.11. The zero-order valence-corrected chi connectivity index (χ0v) is 10.5. The van der Waals surface area contributed by atoms with Crippen molar-refractivity contribution in [2.45, 2.75) is 45.6 Å². The van der Waals surface area contributed by atoms with E-state index in [1.54, 1.807) is 0 Å². The summed E-state index contributed by atoms with van der Waals surface area (Å²) in [7, 11) is 0. The first-order valence-corrected chi connectivity index (χ1v) is 6.35. The summed E-state index contributed by atoms with van der Waals surface area (Å²) < 4.78 is 0. The molecule has 1 rings (SSSR count). The molecule has 90 valence electrons. The van der Waals surface area contributed by atoms with Crippen molar-refractivity contribution in [3.63, 3.8) is 0 Å². The quantitative estimate of drug-likeness (QED) is 0.746. The molecule has 0 aliphatic rings. The number of hydrogen-bond donors (Lipinski definition) is 2. The van der Waals surface area contributed by atoms with Gasteiger partial charge in [0.15, 0.2) is 0 Å². The molecule has 1 aromatic heterocycles. The van der Waals surface area contributed by atoms with Crippen molar-refractivity contribution in [1.29, 1.82) is 0 Å². The number of unbranched alkanes of at least 4 members (excludes halogenated alkanes) is 2. The van der Waals surface area contributed by atoms with E-state index in [1.807, 2.05) is 6.92 Å². The van der Waals surface area contributed by atoms with Crippen LogP contribution in [-0.2, 0) is 0 Å². The van der Waals surface area contributed by atoms with Gasteiger partial charge in [-0.15, -0.1) is 10.2 Å². The van der Waals surface area contributed by atoms with Crippen LogP contribution in [0.5, 0.6) is 0 Å². The predicted octanol–water partition coefficient (Wildman–Crippen LogP) is 1.82. The fourth-order valence-electron chi connectivity index (χ4n) is 1.38. The van der Waals surface area contributed by atoms with E-state index in [1.165, 1.54) is 12.8 Å². The maximum atomic E-state index is 11.6. The summed E-state index contributed by atoms with van der Waals surface area (Å²) in [6.45, 7) is 4.16. The third-order valence-electron chi connectivity index (χ3n) is 2.25. The highest BCUT2D eigenvalue weighted by molar-refractivity contribution is 7.16. The summed E-state index contributed by atoms with van der Waals surface area (Å²) in [6.07, 6.45) is 4.52. The minimum absolute atomic E-state index is 0.171. The Labute approximate surface area is 99.5 Å². The Morgan fingerprint density at radius 2 is 2.25 bits per heavy atom. The van der Waals surface area contributed by atoms with Gasteiger partial charge < -0.3 is 11.1 Å². The molecule has 0 aliphatic carbocycles. The Bertz CT molecular complexity index is 339. The van der Waals surface area contributed by atoms with E-state index in [4.69, 9.17) is 5.73 Å². The van der Waals surface area contributed by atoms with Gasteiger partial charge in [0, 0.05) is 6.04 Å². The maximum absolute atomic E-state index is 11.6. The van der Waals surface area contributed by atoms with Gasteiger partial charge in [0.2, 0.25) is 10.1 Å². The maximum Gasteiger partial charge on any atom is 0.282 e. The fraction of sp³-hybridized carbons (Fsp3) is 0.700. The topological polar surface area (TPSA) is 80.9 Å².